The molecule has 0 saturated carbocycles. The lowest BCUT2D eigenvalue weighted by Gasteiger charge is -2.06. The van der Waals surface area contributed by atoms with Gasteiger partial charge in [0.2, 0.25) is 0 Å². The summed E-state index contributed by atoms with van der Waals surface area (Å²) in [6.07, 6.45) is 0. The Morgan fingerprint density at radius 1 is 1.00 bits per heavy atom. The van der Waals surface area contributed by atoms with Crippen LogP contribution in [-0.4, -0.2) is 23.6 Å². The number of fused-ring (bicyclic) bond motifs is 1. The number of hydrogen-bond donors (Lipinski definition) is 0. The van der Waals surface area contributed by atoms with Crippen molar-refractivity contribution in [1.29, 1.82) is 0 Å². The number of methoxy groups -OCH3 is 1. The van der Waals surface area contributed by atoms with E-state index in [1.54, 1.807) is 18.2 Å². The number of nitrogens with zero attached hydrogens (tertiary/aromatic N) is 2. The molecule has 0 aliphatic rings. The lowest BCUT2D eigenvalue weighted by molar-refractivity contribution is 0.414. The van der Waals surface area contributed by atoms with Crippen molar-refractivity contribution in [3.63, 3.8) is 0 Å². The highest BCUT2D eigenvalue weighted by atomic mass is 35.5. The van der Waals surface area contributed by atoms with E-state index in [0.29, 0.717) is 15.2 Å². The molecule has 3 rings (SSSR count). The number of aromatic nitrogens is 2. The Morgan fingerprint density at radius 3 is 2.18 bits per heavy atom. The second-order valence-electron chi connectivity index (χ2n) is 4.50. The molecule has 6 nitrogen and oxygen atoms in total. The first-order valence-corrected chi connectivity index (χ1v) is 8.03. The fourth-order valence-electron chi connectivity index (χ4n) is 2.17. The first-order valence-electron chi connectivity index (χ1n) is 6.25. The predicted octanol–water partition coefficient (Wildman–Crippen LogP) is 2.05. The zero-order valence-corrected chi connectivity index (χ0v) is 13.0. The van der Waals surface area contributed by atoms with E-state index in [2.05, 4.69) is 0 Å². The Hall–Kier alpha value is -2.25. The minimum Gasteiger partial charge on any atom is -0.497 e. The van der Waals surface area contributed by atoms with Crippen molar-refractivity contribution in [3.8, 4) is 5.75 Å². The number of rotatable bonds is 3. The molecule has 22 heavy (non-hydrogen) atoms. The van der Waals surface area contributed by atoms with Crippen LogP contribution in [-0.2, 0) is 10.0 Å². The molecule has 1 aromatic heterocycles. The first-order chi connectivity index (χ1) is 10.5. The van der Waals surface area contributed by atoms with Gasteiger partial charge in [-0.1, -0.05) is 12.1 Å². The normalized spacial score (nSPS) is 11.7. The van der Waals surface area contributed by atoms with E-state index in [9.17, 15) is 13.2 Å². The third kappa shape index (κ3) is 2.10. The third-order valence-corrected chi connectivity index (χ3v) is 5.28. The molecular weight excluding hydrogens is 328 g/mol. The predicted molar refractivity (Wildman–Crippen MR) is 83.0 cm³/mol. The molecule has 0 bridgehead atoms. The second kappa shape index (κ2) is 5.19. The SMILES string of the molecule is COc1ccc(S(=O)(=O)n2c(=O)n(Cl)c3ccccc32)cc1. The summed E-state index contributed by atoms with van der Waals surface area (Å²) in [6, 6.07) is 12.2. The van der Waals surface area contributed by atoms with E-state index in [1.165, 1.54) is 37.4 Å². The number of halogens is 1. The number of imidazole rings is 1. The molecule has 0 fully saturated rings. The Balaban J connectivity index is 2.29. The van der Waals surface area contributed by atoms with Crippen molar-refractivity contribution < 1.29 is 13.2 Å². The average Bonchev–Trinajstić information content (AvgIpc) is 2.80. The van der Waals surface area contributed by atoms with Crippen LogP contribution in [0, 0.1) is 0 Å². The van der Waals surface area contributed by atoms with Crippen LogP contribution in [0.1, 0.15) is 0 Å². The molecule has 0 amide bonds. The largest absolute Gasteiger partial charge is 0.497 e. The monoisotopic (exact) mass is 338 g/mol. The van der Waals surface area contributed by atoms with Gasteiger partial charge in [-0.2, -0.15) is 3.97 Å². The standard InChI is InChI=1S/C14H11ClN2O4S/c1-21-10-6-8-11(9-7-10)22(19,20)17-13-5-3-2-4-12(13)16(15)14(17)18/h2-9H,1H3. The van der Waals surface area contributed by atoms with Gasteiger partial charge in [0.15, 0.2) is 0 Å². The van der Waals surface area contributed by atoms with E-state index >= 15 is 0 Å². The maximum atomic E-state index is 12.7. The maximum Gasteiger partial charge on any atom is 0.358 e. The number of para-hydroxylation sites is 2. The minimum absolute atomic E-state index is 0.0246. The fourth-order valence-corrected chi connectivity index (χ4v) is 3.83. The molecule has 3 aromatic rings. The summed E-state index contributed by atoms with van der Waals surface area (Å²) in [5.74, 6) is 0.520. The van der Waals surface area contributed by atoms with E-state index in [0.717, 1.165) is 4.09 Å². The zero-order chi connectivity index (χ0) is 15.9. The first kappa shape index (κ1) is 14.7. The summed E-state index contributed by atoms with van der Waals surface area (Å²) in [5, 5.41) is 0. The summed E-state index contributed by atoms with van der Waals surface area (Å²) < 4.78 is 31.9. The van der Waals surface area contributed by atoms with Crippen molar-refractivity contribution in [2.45, 2.75) is 4.90 Å². The molecular formula is C14H11ClN2O4S. The number of benzene rings is 2. The summed E-state index contributed by atoms with van der Waals surface area (Å²) in [4.78, 5) is 12.2. The molecule has 1 heterocycles. The van der Waals surface area contributed by atoms with Crippen LogP contribution in [0.2, 0.25) is 0 Å². The summed E-state index contributed by atoms with van der Waals surface area (Å²) in [5.41, 5.74) is -0.289. The van der Waals surface area contributed by atoms with Crippen LogP contribution in [0.3, 0.4) is 0 Å². The molecule has 0 N–H and O–H groups in total. The van der Waals surface area contributed by atoms with Gasteiger partial charge in [-0.15, -0.1) is 0 Å². The van der Waals surface area contributed by atoms with Crippen LogP contribution in [0.25, 0.3) is 11.0 Å². The highest BCUT2D eigenvalue weighted by Crippen LogP contribution is 2.21. The van der Waals surface area contributed by atoms with E-state index < -0.39 is 15.7 Å². The Labute approximate surface area is 131 Å². The summed E-state index contributed by atoms with van der Waals surface area (Å²) in [7, 11) is -2.58. The Morgan fingerprint density at radius 2 is 1.59 bits per heavy atom. The smallest absolute Gasteiger partial charge is 0.358 e. The maximum absolute atomic E-state index is 12.7. The van der Waals surface area contributed by atoms with Gasteiger partial charge >= 0.3 is 5.69 Å². The van der Waals surface area contributed by atoms with Gasteiger partial charge in [-0.25, -0.2) is 17.3 Å². The summed E-state index contributed by atoms with van der Waals surface area (Å²) in [6.45, 7) is 0. The molecule has 0 aliphatic carbocycles. The van der Waals surface area contributed by atoms with Crippen molar-refractivity contribution in [1.82, 2.24) is 8.06 Å². The average molecular weight is 339 g/mol. The van der Waals surface area contributed by atoms with Gasteiger partial charge in [0.05, 0.1) is 23.0 Å². The molecule has 8 heteroatoms. The van der Waals surface area contributed by atoms with E-state index in [1.807, 2.05) is 0 Å². The fraction of sp³-hybridized carbons (Fsp3) is 0.0714. The second-order valence-corrected chi connectivity index (χ2v) is 6.62. The van der Waals surface area contributed by atoms with Crippen LogP contribution in [0.5, 0.6) is 5.75 Å². The molecule has 0 saturated heterocycles. The van der Waals surface area contributed by atoms with Crippen LogP contribution in [0.4, 0.5) is 0 Å². The van der Waals surface area contributed by atoms with E-state index in [4.69, 9.17) is 16.5 Å². The van der Waals surface area contributed by atoms with Crippen LogP contribution in [0.15, 0.2) is 58.2 Å². The van der Waals surface area contributed by atoms with Gasteiger partial charge < -0.3 is 4.74 Å². The van der Waals surface area contributed by atoms with Gasteiger partial charge in [-0.05, 0) is 36.4 Å². The highest BCUT2D eigenvalue weighted by Gasteiger charge is 2.24. The molecule has 0 spiro atoms. The van der Waals surface area contributed by atoms with Crippen molar-refractivity contribution >= 4 is 32.8 Å². The molecule has 0 unspecified atom stereocenters. The minimum atomic E-state index is -4.06. The Kier molecular flexibility index (Phi) is 3.46. The van der Waals surface area contributed by atoms with Gasteiger partial charge in [0.25, 0.3) is 10.0 Å². The lowest BCUT2D eigenvalue weighted by atomic mass is 10.3. The van der Waals surface area contributed by atoms with Crippen molar-refractivity contribution in [2.75, 3.05) is 7.11 Å². The molecule has 114 valence electrons. The molecule has 0 atom stereocenters. The quantitative estimate of drug-likeness (QED) is 0.733. The van der Waals surface area contributed by atoms with Gasteiger partial charge in [-0.3, -0.25) is 0 Å². The van der Waals surface area contributed by atoms with Gasteiger partial charge in [0.1, 0.15) is 5.75 Å². The number of hydrogen-bond acceptors (Lipinski definition) is 4. The van der Waals surface area contributed by atoms with Crippen molar-refractivity contribution in [2.24, 2.45) is 0 Å². The van der Waals surface area contributed by atoms with Crippen LogP contribution >= 0.6 is 11.8 Å². The topological polar surface area (TPSA) is 70.3 Å². The zero-order valence-electron chi connectivity index (χ0n) is 11.4. The van der Waals surface area contributed by atoms with Gasteiger partial charge in [0, 0.05) is 11.8 Å². The lowest BCUT2D eigenvalue weighted by Crippen LogP contribution is -2.27. The molecule has 0 aliphatic heterocycles. The Bertz CT molecular complexity index is 1000. The van der Waals surface area contributed by atoms with E-state index in [-0.39, 0.29) is 10.4 Å². The summed E-state index contributed by atoms with van der Waals surface area (Å²) >= 11 is 5.89. The van der Waals surface area contributed by atoms with Crippen LogP contribution < -0.4 is 10.4 Å². The highest BCUT2D eigenvalue weighted by molar-refractivity contribution is 7.90. The molecule has 2 aromatic carbocycles. The molecule has 0 radical (unpaired) electrons. The number of ether oxygens (including phenoxy) is 1. The third-order valence-electron chi connectivity index (χ3n) is 3.25. The van der Waals surface area contributed by atoms with Crippen molar-refractivity contribution in [3.05, 3.63) is 59.0 Å².